The molecule has 0 bridgehead atoms. The van der Waals surface area contributed by atoms with Crippen molar-refractivity contribution in [2.75, 3.05) is 14.1 Å². The minimum absolute atomic E-state index is 0.655. The first kappa shape index (κ1) is 11.8. The van der Waals surface area contributed by atoms with Crippen molar-refractivity contribution in [3.8, 4) is 0 Å². The highest BCUT2D eigenvalue weighted by Gasteiger charge is 2.06. The lowest BCUT2D eigenvalue weighted by atomic mass is 9.97. The second-order valence-electron chi connectivity index (χ2n) is 4.46. The van der Waals surface area contributed by atoms with Gasteiger partial charge < -0.3 is 4.90 Å². The fourth-order valence-electron chi connectivity index (χ4n) is 1.67. The molecule has 1 rings (SSSR count). The number of nitrogens with zero attached hydrogens (tertiary/aromatic N) is 1. The van der Waals surface area contributed by atoms with Gasteiger partial charge in [0, 0.05) is 19.8 Å². The summed E-state index contributed by atoms with van der Waals surface area (Å²) in [6, 6.07) is 10.6. The van der Waals surface area contributed by atoms with Crippen LogP contribution >= 0.6 is 0 Å². The molecule has 0 aliphatic carbocycles. The molecule has 0 N–H and O–H groups in total. The van der Waals surface area contributed by atoms with Gasteiger partial charge in [-0.05, 0) is 24.3 Å². The van der Waals surface area contributed by atoms with Gasteiger partial charge in [-0.3, -0.25) is 0 Å². The normalized spacial score (nSPS) is 12.2. The molecule has 1 atom stereocenters. The third-order valence-electron chi connectivity index (χ3n) is 2.64. The van der Waals surface area contributed by atoms with Crippen LogP contribution in [0.3, 0.4) is 0 Å². The fraction of sp³-hybridized carbons (Fsp3) is 0.429. The minimum atomic E-state index is 0.655. The van der Waals surface area contributed by atoms with Crippen molar-refractivity contribution in [1.82, 2.24) is 4.90 Å². The zero-order valence-electron chi connectivity index (χ0n) is 10.0. The van der Waals surface area contributed by atoms with Gasteiger partial charge in [0.25, 0.3) is 0 Å². The molecule has 1 aromatic rings. The van der Waals surface area contributed by atoms with Crippen molar-refractivity contribution in [1.29, 1.82) is 0 Å². The largest absolute Gasteiger partial charge is 0.381 e. The van der Waals surface area contributed by atoms with Gasteiger partial charge in [0.1, 0.15) is 0 Å². The highest BCUT2D eigenvalue weighted by molar-refractivity contribution is 5.15. The van der Waals surface area contributed by atoms with Crippen molar-refractivity contribution in [3.63, 3.8) is 0 Å². The monoisotopic (exact) mass is 203 g/mol. The number of rotatable bonds is 5. The van der Waals surface area contributed by atoms with E-state index in [1.54, 1.807) is 0 Å². The number of benzene rings is 1. The first-order valence-corrected chi connectivity index (χ1v) is 5.48. The second-order valence-corrected chi connectivity index (χ2v) is 4.46. The van der Waals surface area contributed by atoms with Gasteiger partial charge in [-0.25, -0.2) is 0 Å². The molecule has 1 aromatic carbocycles. The molecule has 82 valence electrons. The molecule has 0 aromatic heterocycles. The Kier molecular flexibility index (Phi) is 4.41. The summed E-state index contributed by atoms with van der Waals surface area (Å²) in [5.74, 6) is 0.655. The second kappa shape index (κ2) is 5.59. The average molecular weight is 203 g/mol. The Bertz CT molecular complexity index is 300. The van der Waals surface area contributed by atoms with E-state index < -0.39 is 0 Å². The van der Waals surface area contributed by atoms with Crippen molar-refractivity contribution < 1.29 is 0 Å². The Morgan fingerprint density at radius 2 is 1.87 bits per heavy atom. The lowest BCUT2D eigenvalue weighted by molar-refractivity contribution is 0.440. The summed E-state index contributed by atoms with van der Waals surface area (Å²) in [4.78, 5) is 2.10. The predicted octanol–water partition coefficient (Wildman–Crippen LogP) is 3.33. The van der Waals surface area contributed by atoms with Gasteiger partial charge in [0.05, 0.1) is 0 Å². The molecule has 0 saturated carbocycles. The van der Waals surface area contributed by atoms with Crippen LogP contribution in [0.25, 0.3) is 0 Å². The summed E-state index contributed by atoms with van der Waals surface area (Å²) >= 11 is 0. The Morgan fingerprint density at radius 1 is 1.27 bits per heavy atom. The van der Waals surface area contributed by atoms with Crippen molar-refractivity contribution in [2.24, 2.45) is 5.92 Å². The summed E-state index contributed by atoms with van der Waals surface area (Å²) in [6.45, 7) is 6.34. The Morgan fingerprint density at radius 3 is 2.40 bits per heavy atom. The predicted molar refractivity (Wildman–Crippen MR) is 66.8 cm³/mol. The molecule has 1 nitrogen and oxygen atoms in total. The average Bonchev–Trinajstić information content (AvgIpc) is 2.18. The van der Waals surface area contributed by atoms with Gasteiger partial charge in [-0.15, -0.1) is 0 Å². The molecule has 1 heteroatoms. The van der Waals surface area contributed by atoms with Crippen LogP contribution in [-0.4, -0.2) is 19.0 Å². The minimum Gasteiger partial charge on any atom is -0.381 e. The van der Waals surface area contributed by atoms with E-state index in [2.05, 4.69) is 62.8 Å². The molecule has 0 aliphatic rings. The lowest BCUT2D eigenvalue weighted by Crippen LogP contribution is -2.13. The van der Waals surface area contributed by atoms with Crippen LogP contribution in [0.5, 0.6) is 0 Å². The van der Waals surface area contributed by atoms with Crippen LogP contribution < -0.4 is 0 Å². The zero-order chi connectivity index (χ0) is 11.3. The standard InChI is InChI=1S/C14H21N/c1-12(10-13(2)15(3)4)11-14-8-6-5-7-9-14/h5-9,12H,2,10-11H2,1,3-4H3/t12-/m0/s1. The maximum Gasteiger partial charge on any atom is 0.00579 e. The first-order chi connectivity index (χ1) is 7.09. The molecule has 0 unspecified atom stereocenters. The molecular weight excluding hydrogens is 182 g/mol. The summed E-state index contributed by atoms with van der Waals surface area (Å²) in [5, 5.41) is 0. The molecule has 15 heavy (non-hydrogen) atoms. The molecule has 0 amide bonds. The van der Waals surface area contributed by atoms with E-state index in [1.165, 1.54) is 11.3 Å². The van der Waals surface area contributed by atoms with Crippen LogP contribution in [-0.2, 0) is 6.42 Å². The van der Waals surface area contributed by atoms with Gasteiger partial charge in [0.15, 0.2) is 0 Å². The summed E-state index contributed by atoms with van der Waals surface area (Å²) in [7, 11) is 4.11. The molecular formula is C14H21N. The van der Waals surface area contributed by atoms with E-state index in [0.717, 1.165) is 12.8 Å². The Balaban J connectivity index is 2.43. The van der Waals surface area contributed by atoms with E-state index in [9.17, 15) is 0 Å². The lowest BCUT2D eigenvalue weighted by Gasteiger charge is -2.19. The van der Waals surface area contributed by atoms with Crippen molar-refractivity contribution >= 4 is 0 Å². The number of hydrogen-bond acceptors (Lipinski definition) is 1. The van der Waals surface area contributed by atoms with Crippen LogP contribution in [0, 0.1) is 5.92 Å². The highest BCUT2D eigenvalue weighted by atomic mass is 15.1. The van der Waals surface area contributed by atoms with E-state index in [1.807, 2.05) is 0 Å². The number of hydrogen-bond donors (Lipinski definition) is 0. The van der Waals surface area contributed by atoms with E-state index in [4.69, 9.17) is 0 Å². The van der Waals surface area contributed by atoms with Crippen molar-refractivity contribution in [2.45, 2.75) is 19.8 Å². The molecule has 0 aliphatic heterocycles. The van der Waals surface area contributed by atoms with E-state index in [0.29, 0.717) is 5.92 Å². The quantitative estimate of drug-likeness (QED) is 0.709. The maximum atomic E-state index is 4.06. The SMILES string of the molecule is C=C(C[C@H](C)Cc1ccccc1)N(C)C. The molecule has 0 spiro atoms. The van der Waals surface area contributed by atoms with E-state index in [-0.39, 0.29) is 0 Å². The Labute approximate surface area is 93.4 Å². The van der Waals surface area contributed by atoms with Crippen LogP contribution in [0.4, 0.5) is 0 Å². The van der Waals surface area contributed by atoms with Gasteiger partial charge in [0.2, 0.25) is 0 Å². The van der Waals surface area contributed by atoms with Gasteiger partial charge in [-0.2, -0.15) is 0 Å². The smallest absolute Gasteiger partial charge is 0.00579 e. The topological polar surface area (TPSA) is 3.24 Å². The Hall–Kier alpha value is -1.24. The first-order valence-electron chi connectivity index (χ1n) is 5.48. The van der Waals surface area contributed by atoms with Crippen LogP contribution in [0.1, 0.15) is 18.9 Å². The summed E-state index contributed by atoms with van der Waals surface area (Å²) in [5.41, 5.74) is 2.62. The number of allylic oxidation sites excluding steroid dienone is 1. The summed E-state index contributed by atoms with van der Waals surface area (Å²) in [6.07, 6.45) is 2.20. The maximum absolute atomic E-state index is 4.06. The molecule has 0 radical (unpaired) electrons. The fourth-order valence-corrected chi connectivity index (χ4v) is 1.67. The van der Waals surface area contributed by atoms with Gasteiger partial charge >= 0.3 is 0 Å². The highest BCUT2D eigenvalue weighted by Crippen LogP contribution is 2.16. The van der Waals surface area contributed by atoms with Crippen molar-refractivity contribution in [3.05, 3.63) is 48.2 Å². The van der Waals surface area contributed by atoms with Gasteiger partial charge in [-0.1, -0.05) is 43.8 Å². The summed E-state index contributed by atoms with van der Waals surface area (Å²) < 4.78 is 0. The van der Waals surface area contributed by atoms with Crippen LogP contribution in [0.2, 0.25) is 0 Å². The van der Waals surface area contributed by atoms with E-state index >= 15 is 0 Å². The molecule has 0 fully saturated rings. The van der Waals surface area contributed by atoms with Crippen LogP contribution in [0.15, 0.2) is 42.6 Å². The third-order valence-corrected chi connectivity index (χ3v) is 2.64. The molecule has 0 heterocycles. The molecule has 0 saturated heterocycles. The third kappa shape index (κ3) is 4.20. The zero-order valence-corrected chi connectivity index (χ0v) is 10.0.